The SMILES string of the molecule is NCC(c1nc(CO)cs1)n1c(C(N)=O)ccc1-c1ncc(Cl)cn1. The van der Waals surface area contributed by atoms with Gasteiger partial charge < -0.3 is 21.1 Å². The van der Waals surface area contributed by atoms with Crippen LogP contribution in [0.4, 0.5) is 0 Å². The minimum absolute atomic E-state index is 0.171. The lowest BCUT2D eigenvalue weighted by molar-refractivity contribution is 0.0990. The van der Waals surface area contributed by atoms with Crippen LogP contribution < -0.4 is 11.5 Å². The Kier molecular flexibility index (Phi) is 5.09. The van der Waals surface area contributed by atoms with Crippen LogP contribution in [0.2, 0.25) is 5.02 Å². The number of nitrogens with zero attached hydrogens (tertiary/aromatic N) is 4. The average Bonchev–Trinajstić information content (AvgIpc) is 3.24. The van der Waals surface area contributed by atoms with E-state index in [1.165, 1.54) is 23.7 Å². The molecule has 0 radical (unpaired) electrons. The van der Waals surface area contributed by atoms with E-state index >= 15 is 0 Å². The Morgan fingerprint density at radius 2 is 2.08 bits per heavy atom. The van der Waals surface area contributed by atoms with Gasteiger partial charge in [0.05, 0.1) is 29.1 Å². The molecule has 0 bridgehead atoms. The summed E-state index contributed by atoms with van der Waals surface area (Å²) in [6.07, 6.45) is 2.94. The molecule has 0 aliphatic heterocycles. The number of carbonyl (C=O) groups excluding carboxylic acids is 1. The molecule has 0 aliphatic carbocycles. The number of halogens is 1. The summed E-state index contributed by atoms with van der Waals surface area (Å²) in [6, 6.07) is 2.85. The zero-order valence-electron chi connectivity index (χ0n) is 13.0. The van der Waals surface area contributed by atoms with Crippen LogP contribution in [0.1, 0.15) is 27.2 Å². The van der Waals surface area contributed by atoms with Crippen LogP contribution in [0.25, 0.3) is 11.5 Å². The van der Waals surface area contributed by atoms with E-state index in [1.807, 2.05) is 0 Å². The molecule has 0 fully saturated rings. The summed E-state index contributed by atoms with van der Waals surface area (Å²) in [5.74, 6) is -0.216. The fourth-order valence-electron chi connectivity index (χ4n) is 2.48. The van der Waals surface area contributed by atoms with Gasteiger partial charge >= 0.3 is 0 Å². The molecule has 1 atom stereocenters. The van der Waals surface area contributed by atoms with Gasteiger partial charge in [-0.3, -0.25) is 4.79 Å². The number of aromatic nitrogens is 4. The van der Waals surface area contributed by atoms with Crippen molar-refractivity contribution in [1.29, 1.82) is 0 Å². The summed E-state index contributed by atoms with van der Waals surface area (Å²) >= 11 is 7.19. The largest absolute Gasteiger partial charge is 0.390 e. The molecule has 0 aliphatic rings. The molecule has 3 aromatic heterocycles. The lowest BCUT2D eigenvalue weighted by Gasteiger charge is -2.20. The van der Waals surface area contributed by atoms with Gasteiger partial charge in [0, 0.05) is 24.3 Å². The summed E-state index contributed by atoms with van der Waals surface area (Å²) in [5, 5.41) is 12.0. The van der Waals surface area contributed by atoms with E-state index in [4.69, 9.17) is 23.1 Å². The predicted octanol–water partition coefficient (Wildman–Crippen LogP) is 1.19. The van der Waals surface area contributed by atoms with Crippen LogP contribution in [0.3, 0.4) is 0 Å². The van der Waals surface area contributed by atoms with Crippen molar-refractivity contribution in [2.45, 2.75) is 12.6 Å². The van der Waals surface area contributed by atoms with E-state index in [9.17, 15) is 9.90 Å². The first-order valence-electron chi connectivity index (χ1n) is 7.29. The Hall–Kier alpha value is -2.33. The maximum atomic E-state index is 11.9. The van der Waals surface area contributed by atoms with E-state index < -0.39 is 11.9 Å². The van der Waals surface area contributed by atoms with E-state index in [-0.39, 0.29) is 18.8 Å². The van der Waals surface area contributed by atoms with Crippen LogP contribution in [-0.4, -0.2) is 37.1 Å². The zero-order valence-corrected chi connectivity index (χ0v) is 14.5. The van der Waals surface area contributed by atoms with Gasteiger partial charge in [0.1, 0.15) is 10.7 Å². The smallest absolute Gasteiger partial charge is 0.265 e. The molecule has 3 heterocycles. The van der Waals surface area contributed by atoms with Crippen molar-refractivity contribution < 1.29 is 9.90 Å². The number of aliphatic hydroxyl groups excluding tert-OH is 1. The van der Waals surface area contributed by atoms with E-state index in [2.05, 4.69) is 15.0 Å². The van der Waals surface area contributed by atoms with Gasteiger partial charge in [-0.2, -0.15) is 0 Å². The van der Waals surface area contributed by atoms with Crippen LogP contribution in [0.15, 0.2) is 29.9 Å². The fraction of sp³-hybridized carbons (Fsp3) is 0.200. The maximum Gasteiger partial charge on any atom is 0.265 e. The van der Waals surface area contributed by atoms with Crippen molar-refractivity contribution in [2.24, 2.45) is 11.5 Å². The topological polar surface area (TPSA) is 133 Å². The van der Waals surface area contributed by atoms with Crippen molar-refractivity contribution in [3.63, 3.8) is 0 Å². The van der Waals surface area contributed by atoms with Crippen molar-refractivity contribution in [2.75, 3.05) is 6.54 Å². The van der Waals surface area contributed by atoms with Gasteiger partial charge in [0.15, 0.2) is 5.82 Å². The molecule has 3 rings (SSSR count). The molecule has 5 N–H and O–H groups in total. The number of hydrogen-bond donors (Lipinski definition) is 3. The summed E-state index contributed by atoms with van der Waals surface area (Å²) in [4.78, 5) is 24.6. The fourth-order valence-corrected chi connectivity index (χ4v) is 3.49. The molecule has 1 amide bonds. The molecule has 0 saturated heterocycles. The zero-order chi connectivity index (χ0) is 18.0. The molecule has 0 saturated carbocycles. The van der Waals surface area contributed by atoms with Gasteiger partial charge in [-0.25, -0.2) is 15.0 Å². The Labute approximate surface area is 152 Å². The average molecular weight is 379 g/mol. The minimum atomic E-state index is -0.599. The van der Waals surface area contributed by atoms with Crippen LogP contribution in [0.5, 0.6) is 0 Å². The number of primary amides is 1. The van der Waals surface area contributed by atoms with E-state index in [1.54, 1.807) is 22.1 Å². The van der Waals surface area contributed by atoms with Gasteiger partial charge in [-0.15, -0.1) is 11.3 Å². The van der Waals surface area contributed by atoms with Gasteiger partial charge in [-0.1, -0.05) is 11.6 Å². The van der Waals surface area contributed by atoms with Crippen LogP contribution >= 0.6 is 22.9 Å². The number of thiazole rings is 1. The maximum absolute atomic E-state index is 11.9. The highest BCUT2D eigenvalue weighted by atomic mass is 35.5. The molecule has 130 valence electrons. The molecular formula is C15H15ClN6O2S. The molecule has 0 aromatic carbocycles. The lowest BCUT2D eigenvalue weighted by Crippen LogP contribution is -2.26. The molecule has 0 spiro atoms. The first-order valence-corrected chi connectivity index (χ1v) is 8.55. The van der Waals surface area contributed by atoms with Crippen LogP contribution in [0, 0.1) is 0 Å². The summed E-state index contributed by atoms with van der Waals surface area (Å²) in [7, 11) is 0. The van der Waals surface area contributed by atoms with Gasteiger partial charge in [-0.05, 0) is 12.1 Å². The third-order valence-corrected chi connectivity index (χ3v) is 4.76. The van der Waals surface area contributed by atoms with E-state index in [0.29, 0.717) is 27.2 Å². The van der Waals surface area contributed by atoms with Crippen molar-refractivity contribution in [3.05, 3.63) is 51.3 Å². The first-order chi connectivity index (χ1) is 12.0. The normalized spacial score (nSPS) is 12.3. The number of hydrogen-bond acceptors (Lipinski definition) is 7. The minimum Gasteiger partial charge on any atom is -0.390 e. The molecule has 25 heavy (non-hydrogen) atoms. The highest BCUT2D eigenvalue weighted by Crippen LogP contribution is 2.30. The van der Waals surface area contributed by atoms with Crippen molar-refractivity contribution >= 4 is 28.8 Å². The third-order valence-electron chi connectivity index (χ3n) is 3.57. The van der Waals surface area contributed by atoms with E-state index in [0.717, 1.165) is 0 Å². The number of amides is 1. The number of nitrogens with two attached hydrogens (primary N) is 2. The monoisotopic (exact) mass is 378 g/mol. The Morgan fingerprint density at radius 1 is 1.36 bits per heavy atom. The third kappa shape index (κ3) is 3.40. The highest BCUT2D eigenvalue weighted by Gasteiger charge is 2.25. The second-order valence-electron chi connectivity index (χ2n) is 5.15. The molecule has 3 aromatic rings. The highest BCUT2D eigenvalue weighted by molar-refractivity contribution is 7.09. The lowest BCUT2D eigenvalue weighted by atomic mass is 10.2. The number of carbonyl (C=O) groups is 1. The summed E-state index contributed by atoms with van der Waals surface area (Å²) in [6.45, 7) is 0.00321. The Bertz CT molecular complexity index is 892. The quantitative estimate of drug-likeness (QED) is 0.590. The van der Waals surface area contributed by atoms with Crippen molar-refractivity contribution in [3.8, 4) is 11.5 Å². The van der Waals surface area contributed by atoms with Crippen molar-refractivity contribution in [1.82, 2.24) is 19.5 Å². The number of rotatable bonds is 6. The summed E-state index contributed by atoms with van der Waals surface area (Å²) < 4.78 is 1.67. The molecule has 8 nitrogen and oxygen atoms in total. The van der Waals surface area contributed by atoms with Gasteiger partial charge in [0.25, 0.3) is 5.91 Å². The molecule has 1 unspecified atom stereocenters. The van der Waals surface area contributed by atoms with Crippen LogP contribution in [-0.2, 0) is 6.61 Å². The Morgan fingerprint density at radius 3 is 2.64 bits per heavy atom. The predicted molar refractivity (Wildman–Crippen MR) is 94.2 cm³/mol. The molecule has 10 heteroatoms. The first kappa shape index (κ1) is 17.5. The molecular weight excluding hydrogens is 364 g/mol. The summed E-state index contributed by atoms with van der Waals surface area (Å²) in [5.41, 5.74) is 12.8. The van der Waals surface area contributed by atoms with Gasteiger partial charge in [0.2, 0.25) is 0 Å². The standard InChI is InChI=1S/C15H15ClN6O2S/c16-8-4-19-14(20-5-8)11-2-1-10(13(18)24)22(11)12(3-17)15-21-9(6-23)7-25-15/h1-2,4-5,7,12,23H,3,6,17H2,(H2,18,24). The second kappa shape index (κ2) is 7.28. The number of aliphatic hydroxyl groups is 1. The second-order valence-corrected chi connectivity index (χ2v) is 6.48. The Balaban J connectivity index is 2.15.